The van der Waals surface area contributed by atoms with E-state index in [4.69, 9.17) is 5.11 Å². The van der Waals surface area contributed by atoms with Crippen LogP contribution in [0, 0.1) is 0 Å². The Morgan fingerprint density at radius 3 is 2.60 bits per heavy atom. The quantitative estimate of drug-likeness (QED) is 0.494. The van der Waals surface area contributed by atoms with Crippen LogP contribution in [0.4, 0.5) is 0 Å². The van der Waals surface area contributed by atoms with E-state index in [-0.39, 0.29) is 12.6 Å². The molecule has 1 rings (SSSR count). The third-order valence-corrected chi connectivity index (χ3v) is 2.45. The summed E-state index contributed by atoms with van der Waals surface area (Å²) in [5.74, 6) is -0.326. The molecule has 0 amide bonds. The van der Waals surface area contributed by atoms with Crippen molar-refractivity contribution in [1.29, 1.82) is 0 Å². The second-order valence-corrected chi connectivity index (χ2v) is 3.44. The van der Waals surface area contributed by atoms with E-state index in [0.717, 1.165) is 32.7 Å². The van der Waals surface area contributed by atoms with Crippen molar-refractivity contribution in [2.75, 3.05) is 46.4 Å². The van der Waals surface area contributed by atoms with E-state index in [1.54, 1.807) is 6.20 Å². The zero-order valence-corrected chi connectivity index (χ0v) is 9.06. The third kappa shape index (κ3) is 4.31. The van der Waals surface area contributed by atoms with E-state index in [2.05, 4.69) is 14.5 Å². The van der Waals surface area contributed by atoms with Gasteiger partial charge in [-0.15, -0.1) is 0 Å². The topological polar surface area (TPSA) is 53.0 Å². The van der Waals surface area contributed by atoms with Crippen LogP contribution in [-0.4, -0.2) is 67.3 Å². The van der Waals surface area contributed by atoms with E-state index in [0.29, 0.717) is 0 Å². The molecular formula is C10H18N2O3. The molecule has 0 saturated carbocycles. The first-order valence-electron chi connectivity index (χ1n) is 5.09. The van der Waals surface area contributed by atoms with Crippen LogP contribution in [0.5, 0.6) is 0 Å². The smallest absolute Gasteiger partial charge is 0.331 e. The highest BCUT2D eigenvalue weighted by molar-refractivity contribution is 5.81. The summed E-state index contributed by atoms with van der Waals surface area (Å²) < 4.78 is 4.51. The molecule has 5 nitrogen and oxygen atoms in total. The Hall–Kier alpha value is -1.07. The van der Waals surface area contributed by atoms with Crippen molar-refractivity contribution >= 4 is 5.97 Å². The molecule has 0 aliphatic carbocycles. The zero-order chi connectivity index (χ0) is 11.1. The molecule has 1 N–H and O–H groups in total. The lowest BCUT2D eigenvalue weighted by molar-refractivity contribution is -0.134. The maximum absolute atomic E-state index is 10.8. The van der Waals surface area contributed by atoms with E-state index in [1.807, 2.05) is 0 Å². The van der Waals surface area contributed by atoms with Gasteiger partial charge in [0.1, 0.15) is 0 Å². The van der Waals surface area contributed by atoms with Crippen molar-refractivity contribution in [3.63, 3.8) is 0 Å². The lowest BCUT2D eigenvalue weighted by atomic mass is 10.3. The minimum atomic E-state index is -0.326. The maximum atomic E-state index is 10.8. The summed E-state index contributed by atoms with van der Waals surface area (Å²) in [4.78, 5) is 15.1. The number of esters is 1. The third-order valence-electron chi connectivity index (χ3n) is 2.45. The molecule has 0 unspecified atom stereocenters. The standard InChI is InChI=1S/C10H18N2O3/c1-15-10(14)2-3-11-4-6-12(7-5-11)8-9-13/h2-3,13H,4-9H2,1H3. The monoisotopic (exact) mass is 214 g/mol. The van der Waals surface area contributed by atoms with Gasteiger partial charge in [0.15, 0.2) is 0 Å². The van der Waals surface area contributed by atoms with E-state index < -0.39 is 0 Å². The SMILES string of the molecule is COC(=O)C=CN1CCN(CCO)CC1. The first-order chi connectivity index (χ1) is 7.26. The van der Waals surface area contributed by atoms with Gasteiger partial charge in [0, 0.05) is 45.0 Å². The normalized spacial score (nSPS) is 18.4. The number of hydrogen-bond acceptors (Lipinski definition) is 5. The van der Waals surface area contributed by atoms with Crippen LogP contribution in [-0.2, 0) is 9.53 Å². The van der Waals surface area contributed by atoms with Gasteiger partial charge < -0.3 is 14.7 Å². The molecule has 0 spiro atoms. The molecule has 1 heterocycles. The van der Waals surface area contributed by atoms with Crippen LogP contribution in [0.2, 0.25) is 0 Å². The summed E-state index contributed by atoms with van der Waals surface area (Å²) in [6.07, 6.45) is 3.20. The molecule has 0 aromatic rings. The van der Waals surface area contributed by atoms with Crippen LogP contribution in [0.25, 0.3) is 0 Å². The number of nitrogens with zero attached hydrogens (tertiary/aromatic N) is 2. The number of carbonyl (C=O) groups is 1. The Bertz CT molecular complexity index is 223. The van der Waals surface area contributed by atoms with Gasteiger partial charge in [-0.3, -0.25) is 4.90 Å². The second-order valence-electron chi connectivity index (χ2n) is 3.44. The van der Waals surface area contributed by atoms with Crippen molar-refractivity contribution in [1.82, 2.24) is 9.80 Å². The zero-order valence-electron chi connectivity index (χ0n) is 9.06. The number of methoxy groups -OCH3 is 1. The summed E-state index contributed by atoms with van der Waals surface area (Å²) in [5.41, 5.74) is 0. The fourth-order valence-electron chi connectivity index (χ4n) is 1.51. The van der Waals surface area contributed by atoms with E-state index in [9.17, 15) is 4.79 Å². The second kappa shape index (κ2) is 6.42. The number of ether oxygens (including phenoxy) is 1. The van der Waals surface area contributed by atoms with Crippen molar-refractivity contribution in [2.24, 2.45) is 0 Å². The average Bonchev–Trinajstić information content (AvgIpc) is 2.28. The summed E-state index contributed by atoms with van der Waals surface area (Å²) >= 11 is 0. The maximum Gasteiger partial charge on any atom is 0.331 e. The molecule has 1 aliphatic heterocycles. The van der Waals surface area contributed by atoms with E-state index >= 15 is 0 Å². The van der Waals surface area contributed by atoms with Gasteiger partial charge in [0.2, 0.25) is 0 Å². The molecule has 0 aromatic carbocycles. The molecular weight excluding hydrogens is 196 g/mol. The lowest BCUT2D eigenvalue weighted by Gasteiger charge is -2.33. The predicted octanol–water partition coefficient (Wildman–Crippen LogP) is -0.717. The Morgan fingerprint density at radius 1 is 1.40 bits per heavy atom. The minimum absolute atomic E-state index is 0.206. The highest BCUT2D eigenvalue weighted by Gasteiger charge is 2.13. The number of aliphatic hydroxyl groups is 1. The average molecular weight is 214 g/mol. The van der Waals surface area contributed by atoms with Crippen LogP contribution in [0.3, 0.4) is 0 Å². The fourth-order valence-corrected chi connectivity index (χ4v) is 1.51. The fraction of sp³-hybridized carbons (Fsp3) is 0.700. The van der Waals surface area contributed by atoms with Gasteiger partial charge in [-0.25, -0.2) is 4.79 Å². The van der Waals surface area contributed by atoms with Gasteiger partial charge in [-0.1, -0.05) is 0 Å². The lowest BCUT2D eigenvalue weighted by Crippen LogP contribution is -2.45. The predicted molar refractivity (Wildman–Crippen MR) is 56.3 cm³/mol. The number of carbonyl (C=O) groups excluding carboxylic acids is 1. The number of rotatable bonds is 4. The minimum Gasteiger partial charge on any atom is -0.466 e. The highest BCUT2D eigenvalue weighted by atomic mass is 16.5. The first kappa shape index (κ1) is 12.0. The molecule has 0 bridgehead atoms. The molecule has 1 aliphatic rings. The van der Waals surface area contributed by atoms with Gasteiger partial charge in [-0.2, -0.15) is 0 Å². The number of piperazine rings is 1. The van der Waals surface area contributed by atoms with Gasteiger partial charge >= 0.3 is 5.97 Å². The van der Waals surface area contributed by atoms with Crippen LogP contribution >= 0.6 is 0 Å². The van der Waals surface area contributed by atoms with Crippen molar-refractivity contribution < 1.29 is 14.6 Å². The summed E-state index contributed by atoms with van der Waals surface area (Å²) in [5, 5.41) is 8.76. The van der Waals surface area contributed by atoms with Gasteiger partial charge in [0.25, 0.3) is 0 Å². The van der Waals surface area contributed by atoms with Crippen LogP contribution < -0.4 is 0 Å². The van der Waals surface area contributed by atoms with Gasteiger partial charge in [-0.05, 0) is 0 Å². The molecule has 1 fully saturated rings. The van der Waals surface area contributed by atoms with Gasteiger partial charge in [0.05, 0.1) is 13.7 Å². The Morgan fingerprint density at radius 2 is 2.07 bits per heavy atom. The molecule has 0 aromatic heterocycles. The Balaban J connectivity index is 2.25. The summed E-state index contributed by atoms with van der Waals surface area (Å²) in [7, 11) is 1.37. The number of aliphatic hydroxyl groups excluding tert-OH is 1. The van der Waals surface area contributed by atoms with Crippen molar-refractivity contribution in [3.8, 4) is 0 Å². The number of hydrogen-bond donors (Lipinski definition) is 1. The first-order valence-corrected chi connectivity index (χ1v) is 5.09. The molecule has 0 radical (unpaired) electrons. The molecule has 0 atom stereocenters. The van der Waals surface area contributed by atoms with Crippen molar-refractivity contribution in [3.05, 3.63) is 12.3 Å². The summed E-state index contributed by atoms with van der Waals surface area (Å²) in [6.45, 7) is 4.55. The molecule has 86 valence electrons. The van der Waals surface area contributed by atoms with Crippen molar-refractivity contribution in [2.45, 2.75) is 0 Å². The Kier molecular flexibility index (Phi) is 5.14. The largest absolute Gasteiger partial charge is 0.466 e. The van der Waals surface area contributed by atoms with Crippen LogP contribution in [0.15, 0.2) is 12.3 Å². The molecule has 1 saturated heterocycles. The molecule has 5 heteroatoms. The highest BCUT2D eigenvalue weighted by Crippen LogP contribution is 2.01. The Labute approximate surface area is 89.9 Å². The van der Waals surface area contributed by atoms with Crippen LogP contribution in [0.1, 0.15) is 0 Å². The molecule has 15 heavy (non-hydrogen) atoms. The number of β-amino-alcohol motifs (C(OH)–C–C–N with tert-alkyl or cyclic N) is 1. The van der Waals surface area contributed by atoms with E-state index in [1.165, 1.54) is 13.2 Å². The summed E-state index contributed by atoms with van der Waals surface area (Å²) in [6, 6.07) is 0.